The van der Waals surface area contributed by atoms with Gasteiger partial charge in [-0.3, -0.25) is 0 Å². The number of benzene rings is 6. The van der Waals surface area contributed by atoms with Crippen LogP contribution in [0.1, 0.15) is 22.3 Å². The standard InChI is InChI=1S/C40H28O2S2/c1-41-29-17-11-25(12-18-29)39(27-15-21-37-33(23-27)31-7-3-5-9-35(31)43-37)40(26-13-19-30(42-2)20-14-26)28-16-22-38-34(24-28)32-8-4-6-10-36(32)44-38/h3-24H,1-2H3. The minimum atomic E-state index is 0.838. The van der Waals surface area contributed by atoms with E-state index in [1.165, 1.54) is 62.6 Å². The fraction of sp³-hybridized carbons (Fsp3) is 0.0500. The lowest BCUT2D eigenvalue weighted by Gasteiger charge is -2.19. The molecule has 0 spiro atoms. The fourth-order valence-corrected chi connectivity index (χ4v) is 8.36. The zero-order valence-electron chi connectivity index (χ0n) is 24.3. The van der Waals surface area contributed by atoms with E-state index in [4.69, 9.17) is 9.47 Å². The molecule has 0 N–H and O–H groups in total. The average Bonchev–Trinajstić information content (AvgIpc) is 3.65. The number of thiophene rings is 2. The van der Waals surface area contributed by atoms with Gasteiger partial charge < -0.3 is 9.47 Å². The molecule has 2 nitrogen and oxygen atoms in total. The van der Waals surface area contributed by atoms with Crippen LogP contribution < -0.4 is 9.47 Å². The smallest absolute Gasteiger partial charge is 0.118 e. The van der Waals surface area contributed by atoms with Crippen molar-refractivity contribution >= 4 is 74.2 Å². The summed E-state index contributed by atoms with van der Waals surface area (Å²) in [5.41, 5.74) is 6.96. The summed E-state index contributed by atoms with van der Waals surface area (Å²) in [6.45, 7) is 0. The molecule has 2 heterocycles. The lowest BCUT2D eigenvalue weighted by molar-refractivity contribution is 0.414. The Morgan fingerprint density at radius 1 is 0.386 bits per heavy atom. The number of ether oxygens (including phenoxy) is 2. The monoisotopic (exact) mass is 604 g/mol. The summed E-state index contributed by atoms with van der Waals surface area (Å²) in [5, 5.41) is 5.14. The van der Waals surface area contributed by atoms with Gasteiger partial charge in [-0.25, -0.2) is 0 Å². The summed E-state index contributed by atoms with van der Waals surface area (Å²) < 4.78 is 16.3. The van der Waals surface area contributed by atoms with E-state index in [0.29, 0.717) is 0 Å². The molecule has 0 aliphatic carbocycles. The van der Waals surface area contributed by atoms with Crippen molar-refractivity contribution in [3.8, 4) is 11.5 Å². The maximum Gasteiger partial charge on any atom is 0.118 e. The largest absolute Gasteiger partial charge is 0.497 e. The molecule has 44 heavy (non-hydrogen) atoms. The Bertz CT molecular complexity index is 2170. The molecule has 212 valence electrons. The minimum absolute atomic E-state index is 0.838. The molecule has 0 saturated carbocycles. The molecule has 0 unspecified atom stereocenters. The van der Waals surface area contributed by atoms with Crippen LogP contribution >= 0.6 is 22.7 Å². The first-order chi connectivity index (χ1) is 21.7. The number of hydrogen-bond acceptors (Lipinski definition) is 4. The van der Waals surface area contributed by atoms with E-state index >= 15 is 0 Å². The molecule has 0 aliphatic rings. The van der Waals surface area contributed by atoms with Crippen molar-refractivity contribution < 1.29 is 9.47 Å². The third kappa shape index (κ3) is 4.55. The summed E-state index contributed by atoms with van der Waals surface area (Å²) in [5.74, 6) is 1.68. The maximum atomic E-state index is 5.56. The Hall–Kier alpha value is -4.90. The third-order valence-electron chi connectivity index (χ3n) is 8.34. The van der Waals surface area contributed by atoms with Crippen LogP contribution in [0.5, 0.6) is 11.5 Å². The predicted molar refractivity (Wildman–Crippen MR) is 190 cm³/mol. The molecule has 0 aliphatic heterocycles. The van der Waals surface area contributed by atoms with Crippen molar-refractivity contribution in [3.05, 3.63) is 156 Å². The maximum absolute atomic E-state index is 5.56. The highest BCUT2D eigenvalue weighted by atomic mass is 32.1. The molecular weight excluding hydrogens is 577 g/mol. The molecule has 2 aromatic heterocycles. The quantitative estimate of drug-likeness (QED) is 0.176. The molecule has 0 saturated heterocycles. The minimum Gasteiger partial charge on any atom is -0.497 e. The Balaban J connectivity index is 1.47. The second-order valence-electron chi connectivity index (χ2n) is 10.8. The molecular formula is C40H28O2S2. The highest BCUT2D eigenvalue weighted by Crippen LogP contribution is 2.43. The highest BCUT2D eigenvalue weighted by molar-refractivity contribution is 7.26. The summed E-state index contributed by atoms with van der Waals surface area (Å²) in [6, 6.07) is 48.1. The van der Waals surface area contributed by atoms with Crippen molar-refractivity contribution in [2.75, 3.05) is 14.2 Å². The van der Waals surface area contributed by atoms with Gasteiger partial charge in [0.25, 0.3) is 0 Å². The first-order valence-corrected chi connectivity index (χ1v) is 16.2. The zero-order chi connectivity index (χ0) is 29.6. The lowest BCUT2D eigenvalue weighted by atomic mass is 9.85. The van der Waals surface area contributed by atoms with Crippen LogP contribution in [0, 0.1) is 0 Å². The Morgan fingerprint density at radius 3 is 1.16 bits per heavy atom. The number of rotatable bonds is 6. The van der Waals surface area contributed by atoms with E-state index in [-0.39, 0.29) is 0 Å². The lowest BCUT2D eigenvalue weighted by Crippen LogP contribution is -1.98. The molecule has 8 rings (SSSR count). The van der Waals surface area contributed by atoms with E-state index < -0.39 is 0 Å². The predicted octanol–water partition coefficient (Wildman–Crippen LogP) is 11.4. The second-order valence-corrected chi connectivity index (χ2v) is 13.0. The van der Waals surface area contributed by atoms with Gasteiger partial charge in [-0.2, -0.15) is 0 Å². The van der Waals surface area contributed by atoms with Crippen molar-refractivity contribution in [1.29, 1.82) is 0 Å². The van der Waals surface area contributed by atoms with E-state index in [1.807, 2.05) is 22.7 Å². The molecule has 6 aromatic carbocycles. The van der Waals surface area contributed by atoms with E-state index in [9.17, 15) is 0 Å². The van der Waals surface area contributed by atoms with Crippen LogP contribution in [0.4, 0.5) is 0 Å². The second kappa shape index (κ2) is 11.0. The molecule has 0 fully saturated rings. The summed E-state index contributed by atoms with van der Waals surface area (Å²) >= 11 is 3.69. The van der Waals surface area contributed by atoms with Gasteiger partial charge in [0.1, 0.15) is 11.5 Å². The first kappa shape index (κ1) is 26.7. The summed E-state index contributed by atoms with van der Waals surface area (Å²) in [4.78, 5) is 0. The normalized spacial score (nSPS) is 12.2. The Morgan fingerprint density at radius 2 is 0.750 bits per heavy atom. The van der Waals surface area contributed by atoms with Gasteiger partial charge in [0.05, 0.1) is 14.2 Å². The zero-order valence-corrected chi connectivity index (χ0v) is 26.0. The number of methoxy groups -OCH3 is 2. The van der Waals surface area contributed by atoms with Gasteiger partial charge >= 0.3 is 0 Å². The van der Waals surface area contributed by atoms with Gasteiger partial charge in [0.15, 0.2) is 0 Å². The SMILES string of the molecule is COc1ccc(C(=C(c2ccc(OC)cc2)c2ccc3sc4ccccc4c3c2)c2ccc3sc4ccccc4c3c2)cc1. The number of fused-ring (bicyclic) bond motifs is 6. The van der Waals surface area contributed by atoms with E-state index in [2.05, 4.69) is 133 Å². The van der Waals surface area contributed by atoms with Crippen LogP contribution in [-0.4, -0.2) is 14.2 Å². The van der Waals surface area contributed by atoms with Crippen LogP contribution in [-0.2, 0) is 0 Å². The van der Waals surface area contributed by atoms with E-state index in [0.717, 1.165) is 22.6 Å². The third-order valence-corrected chi connectivity index (χ3v) is 10.6. The van der Waals surface area contributed by atoms with Gasteiger partial charge in [-0.15, -0.1) is 22.7 Å². The van der Waals surface area contributed by atoms with Gasteiger partial charge in [-0.05, 0) is 94.1 Å². The van der Waals surface area contributed by atoms with Gasteiger partial charge in [-0.1, -0.05) is 72.8 Å². The van der Waals surface area contributed by atoms with Crippen LogP contribution in [0.25, 0.3) is 51.5 Å². The van der Waals surface area contributed by atoms with Crippen LogP contribution in [0.15, 0.2) is 133 Å². The fourth-order valence-electron chi connectivity index (χ4n) is 6.19. The molecule has 8 aromatic rings. The molecule has 4 heteroatoms. The van der Waals surface area contributed by atoms with Gasteiger partial charge in [0, 0.05) is 40.3 Å². The Labute approximate surface area is 264 Å². The van der Waals surface area contributed by atoms with Crippen molar-refractivity contribution in [2.45, 2.75) is 0 Å². The van der Waals surface area contributed by atoms with E-state index in [1.54, 1.807) is 14.2 Å². The van der Waals surface area contributed by atoms with Gasteiger partial charge in [0.2, 0.25) is 0 Å². The van der Waals surface area contributed by atoms with Crippen LogP contribution in [0.2, 0.25) is 0 Å². The van der Waals surface area contributed by atoms with Crippen molar-refractivity contribution in [2.24, 2.45) is 0 Å². The molecule has 0 atom stereocenters. The summed E-state index contributed by atoms with van der Waals surface area (Å²) in [6.07, 6.45) is 0. The van der Waals surface area contributed by atoms with Crippen molar-refractivity contribution in [3.63, 3.8) is 0 Å². The first-order valence-electron chi connectivity index (χ1n) is 14.6. The van der Waals surface area contributed by atoms with Crippen LogP contribution in [0.3, 0.4) is 0 Å². The highest BCUT2D eigenvalue weighted by Gasteiger charge is 2.19. The Kier molecular flexibility index (Phi) is 6.67. The van der Waals surface area contributed by atoms with Crippen molar-refractivity contribution in [1.82, 2.24) is 0 Å². The topological polar surface area (TPSA) is 18.5 Å². The molecule has 0 bridgehead atoms. The molecule has 0 amide bonds. The summed E-state index contributed by atoms with van der Waals surface area (Å²) in [7, 11) is 3.43. The number of hydrogen-bond donors (Lipinski definition) is 0. The molecule has 0 radical (unpaired) electrons. The average molecular weight is 605 g/mol.